The molecule has 3 aromatic rings. The first kappa shape index (κ1) is 9.48. The molecule has 0 aliphatic carbocycles. The molecule has 2 aromatic heterocycles. The highest BCUT2D eigenvalue weighted by molar-refractivity contribution is 7.17. The maximum Gasteiger partial charge on any atom is 0.116 e. The van der Waals surface area contributed by atoms with E-state index >= 15 is 0 Å². The zero-order chi connectivity index (χ0) is 11.0. The van der Waals surface area contributed by atoms with Gasteiger partial charge in [-0.05, 0) is 19.1 Å². The van der Waals surface area contributed by atoms with E-state index in [0.717, 1.165) is 11.4 Å². The number of hydrogen-bond acceptors (Lipinski definition) is 3. The van der Waals surface area contributed by atoms with Crippen LogP contribution in [0.3, 0.4) is 0 Å². The molecule has 0 bridgehead atoms. The van der Waals surface area contributed by atoms with E-state index in [2.05, 4.69) is 39.6 Å². The smallest absolute Gasteiger partial charge is 0.116 e. The normalized spacial score (nSPS) is 10.8. The SMILES string of the molecule is Cc1cc(-c2csc3ccccc23)ncn1. The van der Waals surface area contributed by atoms with E-state index in [1.54, 1.807) is 17.7 Å². The van der Waals surface area contributed by atoms with E-state index in [0.29, 0.717) is 0 Å². The third kappa shape index (κ3) is 1.49. The Balaban J connectivity index is 2.26. The topological polar surface area (TPSA) is 25.8 Å². The lowest BCUT2D eigenvalue weighted by atomic mass is 10.1. The number of aryl methyl sites for hydroxylation is 1. The predicted octanol–water partition coefficient (Wildman–Crippen LogP) is 3.67. The number of benzene rings is 1. The molecule has 0 aliphatic rings. The van der Waals surface area contributed by atoms with Crippen LogP contribution in [0.15, 0.2) is 42.0 Å². The molecule has 3 rings (SSSR count). The van der Waals surface area contributed by atoms with Crippen LogP contribution in [0.5, 0.6) is 0 Å². The number of nitrogens with zero attached hydrogens (tertiary/aromatic N) is 2. The molecular formula is C13H10N2S. The van der Waals surface area contributed by atoms with Crippen LogP contribution in [-0.4, -0.2) is 9.97 Å². The number of aromatic nitrogens is 2. The minimum atomic E-state index is 1.00. The first-order valence-corrected chi connectivity index (χ1v) is 5.98. The van der Waals surface area contributed by atoms with E-state index < -0.39 is 0 Å². The molecule has 0 saturated heterocycles. The first-order valence-electron chi connectivity index (χ1n) is 5.10. The van der Waals surface area contributed by atoms with Gasteiger partial charge in [0.15, 0.2) is 0 Å². The van der Waals surface area contributed by atoms with Gasteiger partial charge in [-0.1, -0.05) is 18.2 Å². The van der Waals surface area contributed by atoms with Gasteiger partial charge in [0, 0.05) is 26.7 Å². The van der Waals surface area contributed by atoms with E-state index in [1.807, 2.05) is 13.0 Å². The van der Waals surface area contributed by atoms with Crippen molar-refractivity contribution in [3.8, 4) is 11.3 Å². The van der Waals surface area contributed by atoms with Gasteiger partial charge in [-0.15, -0.1) is 11.3 Å². The summed E-state index contributed by atoms with van der Waals surface area (Å²) in [5.74, 6) is 0. The lowest BCUT2D eigenvalue weighted by molar-refractivity contribution is 1.11. The molecule has 0 saturated carbocycles. The highest BCUT2D eigenvalue weighted by Gasteiger charge is 2.06. The summed E-state index contributed by atoms with van der Waals surface area (Å²) < 4.78 is 1.30. The van der Waals surface area contributed by atoms with Gasteiger partial charge >= 0.3 is 0 Å². The zero-order valence-electron chi connectivity index (χ0n) is 8.84. The van der Waals surface area contributed by atoms with Crippen molar-refractivity contribution in [2.45, 2.75) is 6.92 Å². The molecule has 2 heterocycles. The summed E-state index contributed by atoms with van der Waals surface area (Å²) >= 11 is 1.75. The summed E-state index contributed by atoms with van der Waals surface area (Å²) in [6, 6.07) is 10.4. The van der Waals surface area contributed by atoms with Crippen molar-refractivity contribution in [1.82, 2.24) is 9.97 Å². The lowest BCUT2D eigenvalue weighted by Gasteiger charge is -1.99. The molecule has 0 fully saturated rings. The Morgan fingerprint density at radius 3 is 2.88 bits per heavy atom. The summed E-state index contributed by atoms with van der Waals surface area (Å²) in [5.41, 5.74) is 3.20. The molecule has 0 amide bonds. The Bertz CT molecular complexity index is 643. The Morgan fingerprint density at radius 2 is 2.00 bits per heavy atom. The number of hydrogen-bond donors (Lipinski definition) is 0. The number of fused-ring (bicyclic) bond motifs is 1. The Morgan fingerprint density at radius 1 is 1.12 bits per heavy atom. The van der Waals surface area contributed by atoms with Crippen LogP contribution in [-0.2, 0) is 0 Å². The highest BCUT2D eigenvalue weighted by atomic mass is 32.1. The van der Waals surface area contributed by atoms with Crippen molar-refractivity contribution in [1.29, 1.82) is 0 Å². The van der Waals surface area contributed by atoms with Crippen LogP contribution in [0.25, 0.3) is 21.3 Å². The quantitative estimate of drug-likeness (QED) is 0.632. The third-order valence-electron chi connectivity index (χ3n) is 2.56. The fraction of sp³-hybridized carbons (Fsp3) is 0.0769. The summed E-state index contributed by atoms with van der Waals surface area (Å²) in [6.07, 6.45) is 1.62. The molecular weight excluding hydrogens is 216 g/mol. The van der Waals surface area contributed by atoms with Crippen LogP contribution < -0.4 is 0 Å². The molecule has 3 heteroatoms. The van der Waals surface area contributed by atoms with Gasteiger partial charge in [-0.2, -0.15) is 0 Å². The van der Waals surface area contributed by atoms with Crippen molar-refractivity contribution in [2.24, 2.45) is 0 Å². The second-order valence-corrected chi connectivity index (χ2v) is 4.60. The Hall–Kier alpha value is -1.74. The molecule has 0 unspecified atom stereocenters. The van der Waals surface area contributed by atoms with E-state index in [4.69, 9.17) is 0 Å². The van der Waals surface area contributed by atoms with Gasteiger partial charge in [-0.25, -0.2) is 9.97 Å². The molecule has 0 spiro atoms. The van der Waals surface area contributed by atoms with Gasteiger partial charge in [0.05, 0.1) is 5.69 Å². The fourth-order valence-electron chi connectivity index (χ4n) is 1.78. The molecule has 0 radical (unpaired) electrons. The molecule has 1 aromatic carbocycles. The standard InChI is InChI=1S/C13H10N2S/c1-9-6-12(15-8-14-9)11-7-16-13-5-3-2-4-10(11)13/h2-8H,1H3. The second-order valence-electron chi connectivity index (χ2n) is 3.69. The Kier molecular flexibility index (Phi) is 2.18. The van der Waals surface area contributed by atoms with Crippen LogP contribution in [0.1, 0.15) is 5.69 Å². The first-order chi connectivity index (χ1) is 7.84. The molecule has 78 valence electrons. The fourth-order valence-corrected chi connectivity index (χ4v) is 2.73. The number of thiophene rings is 1. The van der Waals surface area contributed by atoms with Crippen molar-refractivity contribution in [3.63, 3.8) is 0 Å². The zero-order valence-corrected chi connectivity index (χ0v) is 9.66. The monoisotopic (exact) mass is 226 g/mol. The van der Waals surface area contributed by atoms with Crippen molar-refractivity contribution in [3.05, 3.63) is 47.7 Å². The maximum atomic E-state index is 4.33. The summed E-state index contributed by atoms with van der Waals surface area (Å²) in [5, 5.41) is 3.43. The summed E-state index contributed by atoms with van der Waals surface area (Å²) in [6.45, 7) is 1.99. The van der Waals surface area contributed by atoms with Crippen molar-refractivity contribution < 1.29 is 0 Å². The average molecular weight is 226 g/mol. The minimum absolute atomic E-state index is 1.00. The number of rotatable bonds is 1. The average Bonchev–Trinajstić information content (AvgIpc) is 2.72. The Labute approximate surface area is 97.6 Å². The highest BCUT2D eigenvalue weighted by Crippen LogP contribution is 2.32. The summed E-state index contributed by atoms with van der Waals surface area (Å²) in [4.78, 5) is 8.45. The van der Waals surface area contributed by atoms with Crippen molar-refractivity contribution >= 4 is 21.4 Å². The van der Waals surface area contributed by atoms with Gasteiger partial charge in [0.25, 0.3) is 0 Å². The van der Waals surface area contributed by atoms with Gasteiger partial charge < -0.3 is 0 Å². The minimum Gasteiger partial charge on any atom is -0.242 e. The van der Waals surface area contributed by atoms with Gasteiger partial charge in [-0.3, -0.25) is 0 Å². The second kappa shape index (κ2) is 3.68. The van der Waals surface area contributed by atoms with Crippen molar-refractivity contribution in [2.75, 3.05) is 0 Å². The summed E-state index contributed by atoms with van der Waals surface area (Å²) in [7, 11) is 0. The van der Waals surface area contributed by atoms with E-state index in [1.165, 1.54) is 15.6 Å². The molecule has 2 nitrogen and oxygen atoms in total. The molecule has 16 heavy (non-hydrogen) atoms. The lowest BCUT2D eigenvalue weighted by Crippen LogP contribution is -1.86. The van der Waals surface area contributed by atoms with E-state index in [-0.39, 0.29) is 0 Å². The van der Waals surface area contributed by atoms with Crippen LogP contribution in [0, 0.1) is 6.92 Å². The molecule has 0 atom stereocenters. The third-order valence-corrected chi connectivity index (χ3v) is 3.52. The van der Waals surface area contributed by atoms with Crippen LogP contribution in [0.4, 0.5) is 0 Å². The largest absolute Gasteiger partial charge is 0.242 e. The molecule has 0 N–H and O–H groups in total. The van der Waals surface area contributed by atoms with Crippen LogP contribution >= 0.6 is 11.3 Å². The van der Waals surface area contributed by atoms with Gasteiger partial charge in [0.2, 0.25) is 0 Å². The van der Waals surface area contributed by atoms with Gasteiger partial charge in [0.1, 0.15) is 6.33 Å². The van der Waals surface area contributed by atoms with E-state index in [9.17, 15) is 0 Å². The molecule has 0 aliphatic heterocycles. The van der Waals surface area contributed by atoms with Crippen LogP contribution in [0.2, 0.25) is 0 Å². The predicted molar refractivity (Wildman–Crippen MR) is 67.6 cm³/mol. The maximum absolute atomic E-state index is 4.33.